The Kier molecular flexibility index (Phi) is 41.5. The van der Waals surface area contributed by atoms with Crippen LogP contribution < -0.4 is 0 Å². The summed E-state index contributed by atoms with van der Waals surface area (Å²) in [6.45, 7) is 3.29. The summed E-state index contributed by atoms with van der Waals surface area (Å²) in [4.78, 5) is 13.0. The monoisotopic (exact) mass is 1050 g/mol. The standard InChI is InChI=1S/C61H96O14/c1-3-5-7-9-11-13-15-17-19-21-23-24-25-27-29-31-33-35-37-39-41-43-45-70-47-50(73-53(63)44-42-40-38-36-34-32-30-28-26-22-20-18-16-14-12-10-8-6-4-2)48-71-60-59(69)57(67)55(65)52(75-60)49-72-61-58(68)56(66)54(64)51(46-62)74-61/h5-8,11-14,17-20,23-24,26-29,32,34,38,40,50-52,54-62,64-69H,3-4,9-10,15-16,21-22,25,30-31,33,35-37,39,41-49H2,1-2H3/b7-5-,8-6-,13-11-,14-12-,19-17-,20-18-,24-23-,28-26-,29-27-,34-32-,40-38-. The molecule has 2 fully saturated rings. The zero-order valence-corrected chi connectivity index (χ0v) is 45.2. The average Bonchev–Trinajstić information content (AvgIpc) is 3.41. The SMILES string of the molecule is CC/C=C\C/C=C\C/C=C\C/C=C\C/C=C\C/C=C\CCC(=O)OC(COCCCCCCCC/C=C\C/C=C\C/C=C\C/C=C\C/C=C\CC)COC1OC(COC2OC(CO)C(O)C(O)C2O)C(O)C(O)C1O. The van der Waals surface area contributed by atoms with Gasteiger partial charge in [-0.1, -0.05) is 173 Å². The molecule has 2 saturated heterocycles. The van der Waals surface area contributed by atoms with Crippen LogP contribution in [-0.4, -0.2) is 142 Å². The number of rotatable bonds is 42. The molecule has 75 heavy (non-hydrogen) atoms. The van der Waals surface area contributed by atoms with Gasteiger partial charge in [-0.25, -0.2) is 0 Å². The van der Waals surface area contributed by atoms with E-state index in [0.29, 0.717) is 13.0 Å². The number of allylic oxidation sites excluding steroid dienone is 22. The fraction of sp³-hybridized carbons (Fsp3) is 0.623. The Balaban J connectivity index is 1.79. The fourth-order valence-electron chi connectivity index (χ4n) is 7.75. The highest BCUT2D eigenvalue weighted by molar-refractivity contribution is 5.69. The summed E-state index contributed by atoms with van der Waals surface area (Å²) in [7, 11) is 0. The topological polar surface area (TPSA) is 214 Å². The average molecular weight is 1050 g/mol. The third-order valence-electron chi connectivity index (χ3n) is 12.2. The lowest BCUT2D eigenvalue weighted by Crippen LogP contribution is -2.61. The van der Waals surface area contributed by atoms with Gasteiger partial charge in [-0.2, -0.15) is 0 Å². The summed E-state index contributed by atoms with van der Waals surface area (Å²) >= 11 is 0. The fourth-order valence-corrected chi connectivity index (χ4v) is 7.75. The molecule has 0 aromatic rings. The zero-order valence-electron chi connectivity index (χ0n) is 45.2. The third-order valence-corrected chi connectivity index (χ3v) is 12.2. The molecule has 424 valence electrons. The van der Waals surface area contributed by atoms with Gasteiger partial charge in [0, 0.05) is 13.0 Å². The first-order valence-corrected chi connectivity index (χ1v) is 27.8. The first-order valence-electron chi connectivity index (χ1n) is 27.8. The van der Waals surface area contributed by atoms with Crippen molar-refractivity contribution in [1.82, 2.24) is 0 Å². The van der Waals surface area contributed by atoms with Crippen molar-refractivity contribution in [3.8, 4) is 0 Å². The summed E-state index contributed by atoms with van der Waals surface area (Å²) in [6, 6.07) is 0. The lowest BCUT2D eigenvalue weighted by Gasteiger charge is -2.42. The van der Waals surface area contributed by atoms with Crippen molar-refractivity contribution in [2.45, 2.75) is 210 Å². The molecule has 7 N–H and O–H groups in total. The number of esters is 1. The first-order chi connectivity index (χ1) is 36.6. The molecular weight excluding hydrogens is 957 g/mol. The molecule has 14 nitrogen and oxygen atoms in total. The first kappa shape index (κ1) is 67.2. The quantitative estimate of drug-likeness (QED) is 0.0172. The van der Waals surface area contributed by atoms with Crippen LogP contribution in [0.15, 0.2) is 134 Å². The van der Waals surface area contributed by atoms with E-state index in [2.05, 4.69) is 135 Å². The minimum Gasteiger partial charge on any atom is -0.457 e. The number of carbonyl (C=O) groups excluding carboxylic acids is 1. The minimum absolute atomic E-state index is 0.0105. The largest absolute Gasteiger partial charge is 0.457 e. The second-order valence-corrected chi connectivity index (χ2v) is 18.6. The highest BCUT2D eigenvalue weighted by atomic mass is 16.7. The molecule has 0 aromatic carbocycles. The van der Waals surface area contributed by atoms with Gasteiger partial charge < -0.3 is 64.2 Å². The second kappa shape index (κ2) is 46.2. The molecule has 11 atom stereocenters. The summed E-state index contributed by atoms with van der Waals surface area (Å²) in [5.41, 5.74) is 0. The van der Waals surface area contributed by atoms with Crippen LogP contribution in [0.4, 0.5) is 0 Å². The van der Waals surface area contributed by atoms with Crippen molar-refractivity contribution in [3.63, 3.8) is 0 Å². The van der Waals surface area contributed by atoms with Crippen molar-refractivity contribution in [2.75, 3.05) is 33.0 Å². The van der Waals surface area contributed by atoms with Crippen LogP contribution in [0.5, 0.6) is 0 Å². The normalized spacial score (nSPS) is 25.7. The number of unbranched alkanes of at least 4 members (excludes halogenated alkanes) is 6. The zero-order chi connectivity index (χ0) is 54.4. The molecule has 0 saturated carbocycles. The van der Waals surface area contributed by atoms with Crippen molar-refractivity contribution < 1.29 is 69.0 Å². The number of hydrogen-bond donors (Lipinski definition) is 7. The Hall–Kier alpha value is -3.87. The highest BCUT2D eigenvalue weighted by Crippen LogP contribution is 2.26. The summed E-state index contributed by atoms with van der Waals surface area (Å²) in [6.07, 6.45) is 49.5. The van der Waals surface area contributed by atoms with E-state index in [-0.39, 0.29) is 19.6 Å². The predicted octanol–water partition coefficient (Wildman–Crippen LogP) is 9.52. The molecule has 0 amide bonds. The van der Waals surface area contributed by atoms with E-state index in [1.807, 2.05) is 12.2 Å². The van der Waals surface area contributed by atoms with Crippen LogP contribution in [-0.2, 0) is 33.2 Å². The Bertz CT molecular complexity index is 1740. The molecule has 0 spiro atoms. The van der Waals surface area contributed by atoms with Crippen LogP contribution in [0, 0.1) is 0 Å². The van der Waals surface area contributed by atoms with E-state index in [1.54, 1.807) is 0 Å². The van der Waals surface area contributed by atoms with Gasteiger partial charge >= 0.3 is 5.97 Å². The molecular formula is C61H96O14. The Morgan fingerprint density at radius 1 is 0.440 bits per heavy atom. The molecule has 0 aromatic heterocycles. The van der Waals surface area contributed by atoms with Crippen LogP contribution in [0.25, 0.3) is 0 Å². The Morgan fingerprint density at radius 3 is 1.29 bits per heavy atom. The molecule has 2 rings (SSSR count). The van der Waals surface area contributed by atoms with Gasteiger partial charge in [0.05, 0.1) is 26.4 Å². The van der Waals surface area contributed by atoms with E-state index >= 15 is 0 Å². The van der Waals surface area contributed by atoms with Gasteiger partial charge in [-0.3, -0.25) is 4.79 Å². The van der Waals surface area contributed by atoms with Gasteiger partial charge in [0.15, 0.2) is 12.6 Å². The molecule has 14 heteroatoms. The number of hydrogen-bond acceptors (Lipinski definition) is 14. The molecule has 2 aliphatic heterocycles. The Labute approximate surface area is 449 Å². The lowest BCUT2D eigenvalue weighted by atomic mass is 9.98. The number of ether oxygens (including phenoxy) is 6. The third kappa shape index (κ3) is 33.1. The molecule has 0 radical (unpaired) electrons. The number of carbonyl (C=O) groups is 1. The smallest absolute Gasteiger partial charge is 0.306 e. The van der Waals surface area contributed by atoms with Gasteiger partial charge in [0.1, 0.15) is 54.9 Å². The van der Waals surface area contributed by atoms with Crippen molar-refractivity contribution in [2.24, 2.45) is 0 Å². The van der Waals surface area contributed by atoms with Crippen molar-refractivity contribution >= 4 is 5.97 Å². The summed E-state index contributed by atoms with van der Waals surface area (Å²) in [5, 5.41) is 72.3. The van der Waals surface area contributed by atoms with E-state index in [0.717, 1.165) is 116 Å². The lowest BCUT2D eigenvalue weighted by molar-refractivity contribution is -0.332. The van der Waals surface area contributed by atoms with Gasteiger partial charge in [-0.15, -0.1) is 0 Å². The van der Waals surface area contributed by atoms with E-state index in [1.165, 1.54) is 0 Å². The maximum atomic E-state index is 13.0. The van der Waals surface area contributed by atoms with Gasteiger partial charge in [0.25, 0.3) is 0 Å². The summed E-state index contributed by atoms with van der Waals surface area (Å²) < 4.78 is 34.2. The molecule has 11 unspecified atom stereocenters. The van der Waals surface area contributed by atoms with Crippen molar-refractivity contribution in [3.05, 3.63) is 134 Å². The van der Waals surface area contributed by atoms with Crippen LogP contribution in [0.1, 0.15) is 142 Å². The van der Waals surface area contributed by atoms with Crippen LogP contribution in [0.2, 0.25) is 0 Å². The van der Waals surface area contributed by atoms with E-state index < -0.39 is 86.7 Å². The molecule has 2 heterocycles. The number of aliphatic hydroxyl groups excluding tert-OH is 7. The number of aliphatic hydroxyl groups is 7. The van der Waals surface area contributed by atoms with Crippen LogP contribution >= 0.6 is 0 Å². The highest BCUT2D eigenvalue weighted by Gasteiger charge is 2.47. The second-order valence-electron chi connectivity index (χ2n) is 18.6. The molecule has 0 bridgehead atoms. The van der Waals surface area contributed by atoms with E-state index in [4.69, 9.17) is 28.4 Å². The molecule has 0 aliphatic carbocycles. The van der Waals surface area contributed by atoms with Crippen molar-refractivity contribution in [1.29, 1.82) is 0 Å². The summed E-state index contributed by atoms with van der Waals surface area (Å²) in [5.74, 6) is -0.470. The maximum Gasteiger partial charge on any atom is 0.306 e. The van der Waals surface area contributed by atoms with Gasteiger partial charge in [0.2, 0.25) is 0 Å². The van der Waals surface area contributed by atoms with Crippen LogP contribution in [0.3, 0.4) is 0 Å². The van der Waals surface area contributed by atoms with E-state index in [9.17, 15) is 40.5 Å². The minimum atomic E-state index is -1.73. The molecule has 2 aliphatic rings. The van der Waals surface area contributed by atoms with Gasteiger partial charge in [-0.05, 0) is 96.3 Å². The Morgan fingerprint density at radius 2 is 0.827 bits per heavy atom. The predicted molar refractivity (Wildman–Crippen MR) is 297 cm³/mol. The maximum absolute atomic E-state index is 13.0.